The quantitative estimate of drug-likeness (QED) is 0.599. The van der Waals surface area contributed by atoms with Crippen LogP contribution in [0.25, 0.3) is 32.5 Å². The van der Waals surface area contributed by atoms with Crippen LogP contribution in [0.1, 0.15) is 5.56 Å². The first kappa shape index (κ1) is 11.6. The van der Waals surface area contributed by atoms with Crippen LogP contribution in [-0.2, 0) is 6.61 Å². The Balaban J connectivity index is 2.00. The van der Waals surface area contributed by atoms with Crippen LogP contribution >= 0.6 is 11.3 Å². The third kappa shape index (κ3) is 1.66. The maximum absolute atomic E-state index is 9.67. The number of aromatic nitrogens is 1. The molecule has 98 valence electrons. The van der Waals surface area contributed by atoms with Crippen molar-refractivity contribution in [3.63, 3.8) is 0 Å². The SMILES string of the molecule is OCc1c(-c2ccc3ncsc3c2)oc2ccccc12. The molecule has 0 atom stereocenters. The molecular weight excluding hydrogens is 270 g/mol. The van der Waals surface area contributed by atoms with Crippen LogP contribution in [0.2, 0.25) is 0 Å². The minimum absolute atomic E-state index is 0.0346. The number of furan rings is 1. The van der Waals surface area contributed by atoms with E-state index in [0.717, 1.165) is 38.1 Å². The smallest absolute Gasteiger partial charge is 0.140 e. The summed E-state index contributed by atoms with van der Waals surface area (Å²) in [6, 6.07) is 13.8. The molecule has 4 heteroatoms. The van der Waals surface area contributed by atoms with Crippen LogP contribution in [0.5, 0.6) is 0 Å². The molecule has 20 heavy (non-hydrogen) atoms. The van der Waals surface area contributed by atoms with Crippen molar-refractivity contribution >= 4 is 32.5 Å². The Labute approximate surface area is 119 Å². The van der Waals surface area contributed by atoms with E-state index in [1.54, 1.807) is 11.3 Å². The molecule has 1 N–H and O–H groups in total. The summed E-state index contributed by atoms with van der Waals surface area (Å²) in [5, 5.41) is 10.6. The molecule has 2 aromatic carbocycles. The second kappa shape index (κ2) is 4.44. The zero-order valence-electron chi connectivity index (χ0n) is 10.5. The predicted molar refractivity (Wildman–Crippen MR) is 80.8 cm³/mol. The van der Waals surface area contributed by atoms with Gasteiger partial charge in [-0.1, -0.05) is 18.2 Å². The lowest BCUT2D eigenvalue weighted by molar-refractivity contribution is 0.282. The largest absolute Gasteiger partial charge is 0.456 e. The number of para-hydroxylation sites is 1. The van der Waals surface area contributed by atoms with Gasteiger partial charge < -0.3 is 9.52 Å². The molecular formula is C16H11NO2S. The Bertz CT molecular complexity index is 907. The molecule has 4 rings (SSSR count). The molecule has 0 spiro atoms. The van der Waals surface area contributed by atoms with E-state index in [1.807, 2.05) is 41.9 Å². The molecule has 4 aromatic rings. The summed E-state index contributed by atoms with van der Waals surface area (Å²) in [6.45, 7) is -0.0346. The number of hydrogen-bond acceptors (Lipinski definition) is 4. The first-order valence-electron chi connectivity index (χ1n) is 6.32. The normalized spacial score (nSPS) is 11.4. The summed E-state index contributed by atoms with van der Waals surface area (Å²) in [5.74, 6) is 0.740. The number of fused-ring (bicyclic) bond motifs is 2. The van der Waals surface area contributed by atoms with Crippen molar-refractivity contribution in [2.24, 2.45) is 0 Å². The number of nitrogens with zero attached hydrogens (tertiary/aromatic N) is 1. The number of benzene rings is 2. The zero-order chi connectivity index (χ0) is 13.5. The van der Waals surface area contributed by atoms with Gasteiger partial charge in [-0.15, -0.1) is 11.3 Å². The Kier molecular flexibility index (Phi) is 2.58. The highest BCUT2D eigenvalue weighted by Crippen LogP contribution is 2.35. The van der Waals surface area contributed by atoms with Crippen LogP contribution in [-0.4, -0.2) is 10.1 Å². The third-order valence-corrected chi connectivity index (χ3v) is 4.24. The maximum Gasteiger partial charge on any atom is 0.140 e. The van der Waals surface area contributed by atoms with Gasteiger partial charge >= 0.3 is 0 Å². The van der Waals surface area contributed by atoms with E-state index in [9.17, 15) is 5.11 Å². The molecule has 3 nitrogen and oxygen atoms in total. The Morgan fingerprint density at radius 1 is 1.15 bits per heavy atom. The van der Waals surface area contributed by atoms with E-state index < -0.39 is 0 Å². The van der Waals surface area contributed by atoms with Crippen molar-refractivity contribution in [3.8, 4) is 11.3 Å². The van der Waals surface area contributed by atoms with E-state index >= 15 is 0 Å². The molecule has 0 aliphatic heterocycles. The molecule has 0 fully saturated rings. The van der Waals surface area contributed by atoms with Crippen molar-refractivity contribution in [2.75, 3.05) is 0 Å². The van der Waals surface area contributed by atoms with Crippen LogP contribution in [0, 0.1) is 0 Å². The van der Waals surface area contributed by atoms with Gasteiger partial charge in [0.05, 0.1) is 22.3 Å². The minimum atomic E-state index is -0.0346. The standard InChI is InChI=1S/C16H11NO2S/c18-8-12-11-3-1-2-4-14(11)19-16(12)10-5-6-13-15(7-10)20-9-17-13/h1-7,9,18H,8H2. The van der Waals surface area contributed by atoms with Gasteiger partial charge in [0, 0.05) is 16.5 Å². The lowest BCUT2D eigenvalue weighted by Gasteiger charge is -2.00. The summed E-state index contributed by atoms with van der Waals surface area (Å²) in [5.41, 5.74) is 5.43. The van der Waals surface area contributed by atoms with Crippen LogP contribution in [0.15, 0.2) is 52.4 Å². The van der Waals surface area contributed by atoms with Gasteiger partial charge in [0.2, 0.25) is 0 Å². The third-order valence-electron chi connectivity index (χ3n) is 3.45. The lowest BCUT2D eigenvalue weighted by Crippen LogP contribution is -1.85. The Morgan fingerprint density at radius 2 is 2.05 bits per heavy atom. The fraction of sp³-hybridized carbons (Fsp3) is 0.0625. The van der Waals surface area contributed by atoms with Crippen molar-refractivity contribution in [3.05, 3.63) is 53.5 Å². The van der Waals surface area contributed by atoms with E-state index in [0.29, 0.717) is 0 Å². The van der Waals surface area contributed by atoms with E-state index in [4.69, 9.17) is 4.42 Å². The highest BCUT2D eigenvalue weighted by molar-refractivity contribution is 7.16. The summed E-state index contributed by atoms with van der Waals surface area (Å²) < 4.78 is 7.04. The first-order chi connectivity index (χ1) is 9.86. The first-order valence-corrected chi connectivity index (χ1v) is 7.19. The zero-order valence-corrected chi connectivity index (χ0v) is 11.4. The fourth-order valence-electron chi connectivity index (χ4n) is 2.49. The second-order valence-corrected chi connectivity index (χ2v) is 5.49. The number of aliphatic hydroxyl groups excluding tert-OH is 1. The van der Waals surface area contributed by atoms with Gasteiger partial charge in [-0.3, -0.25) is 0 Å². The molecule has 0 aliphatic carbocycles. The summed E-state index contributed by atoms with van der Waals surface area (Å²) in [7, 11) is 0. The molecule has 0 unspecified atom stereocenters. The topological polar surface area (TPSA) is 46.3 Å². The lowest BCUT2D eigenvalue weighted by atomic mass is 10.1. The van der Waals surface area contributed by atoms with Crippen LogP contribution in [0.4, 0.5) is 0 Å². The highest BCUT2D eigenvalue weighted by Gasteiger charge is 2.15. The van der Waals surface area contributed by atoms with Gasteiger partial charge in [-0.05, 0) is 24.3 Å². The molecule has 2 heterocycles. The van der Waals surface area contributed by atoms with Crippen LogP contribution in [0.3, 0.4) is 0 Å². The summed E-state index contributed by atoms with van der Waals surface area (Å²) in [4.78, 5) is 4.28. The van der Waals surface area contributed by atoms with E-state index in [1.165, 1.54) is 0 Å². The van der Waals surface area contributed by atoms with E-state index in [2.05, 4.69) is 11.1 Å². The van der Waals surface area contributed by atoms with Crippen molar-refractivity contribution in [1.29, 1.82) is 0 Å². The molecule has 0 saturated heterocycles. The summed E-state index contributed by atoms with van der Waals surface area (Å²) >= 11 is 1.60. The molecule has 0 bridgehead atoms. The van der Waals surface area contributed by atoms with Crippen molar-refractivity contribution in [2.45, 2.75) is 6.61 Å². The summed E-state index contributed by atoms with van der Waals surface area (Å²) in [6.07, 6.45) is 0. The van der Waals surface area contributed by atoms with E-state index in [-0.39, 0.29) is 6.61 Å². The highest BCUT2D eigenvalue weighted by atomic mass is 32.1. The number of aliphatic hydroxyl groups is 1. The van der Waals surface area contributed by atoms with Crippen molar-refractivity contribution in [1.82, 2.24) is 4.98 Å². The monoisotopic (exact) mass is 281 g/mol. The number of rotatable bonds is 2. The maximum atomic E-state index is 9.67. The van der Waals surface area contributed by atoms with Gasteiger partial charge in [-0.25, -0.2) is 4.98 Å². The molecule has 0 aliphatic rings. The number of hydrogen-bond donors (Lipinski definition) is 1. The van der Waals surface area contributed by atoms with Gasteiger partial charge in [-0.2, -0.15) is 0 Å². The molecule has 0 saturated carbocycles. The average molecular weight is 281 g/mol. The predicted octanol–water partition coefficient (Wildman–Crippen LogP) is 4.20. The van der Waals surface area contributed by atoms with Gasteiger partial charge in [0.25, 0.3) is 0 Å². The Morgan fingerprint density at radius 3 is 2.95 bits per heavy atom. The van der Waals surface area contributed by atoms with Crippen LogP contribution < -0.4 is 0 Å². The molecule has 0 radical (unpaired) electrons. The minimum Gasteiger partial charge on any atom is -0.456 e. The van der Waals surface area contributed by atoms with Crippen molar-refractivity contribution < 1.29 is 9.52 Å². The van der Waals surface area contributed by atoms with Gasteiger partial charge in [0.15, 0.2) is 0 Å². The molecule has 2 aromatic heterocycles. The Hall–Kier alpha value is -2.17. The fourth-order valence-corrected chi connectivity index (χ4v) is 3.20. The average Bonchev–Trinajstić information content (AvgIpc) is 3.10. The molecule has 0 amide bonds. The number of thiazole rings is 1. The van der Waals surface area contributed by atoms with Gasteiger partial charge in [0.1, 0.15) is 11.3 Å². The second-order valence-electron chi connectivity index (χ2n) is 4.60.